The van der Waals surface area contributed by atoms with E-state index >= 15 is 0 Å². The molecule has 1 rings (SSSR count). The maximum absolute atomic E-state index is 11.1. The van der Waals surface area contributed by atoms with Crippen LogP contribution < -0.4 is 0 Å². The zero-order chi connectivity index (χ0) is 14.0. The van der Waals surface area contributed by atoms with Crippen LogP contribution in [0.1, 0.15) is 0 Å². The first kappa shape index (κ1) is 24.5. The molecule has 0 spiro atoms. The molecule has 106 valence electrons. The van der Waals surface area contributed by atoms with E-state index in [1.54, 1.807) is 24.3 Å². The van der Waals surface area contributed by atoms with Crippen LogP contribution in [0.5, 0.6) is 0 Å². The molecule has 0 aliphatic heterocycles. The molecule has 0 unspecified atom stereocenters. The van der Waals surface area contributed by atoms with Gasteiger partial charge in [-0.2, -0.15) is 0 Å². The van der Waals surface area contributed by atoms with Crippen LogP contribution in [0.15, 0.2) is 34.1 Å². The van der Waals surface area contributed by atoms with Crippen molar-refractivity contribution in [2.24, 2.45) is 0 Å². The molecular weight excluding hydrogens is 364 g/mol. The fourth-order valence-electron chi connectivity index (χ4n) is 1.11. The fourth-order valence-corrected chi connectivity index (χ4v) is 5.45. The van der Waals surface area contributed by atoms with E-state index in [1.807, 2.05) is 6.26 Å². The summed E-state index contributed by atoms with van der Waals surface area (Å²) in [7, 11) is -9.77. The Bertz CT molecular complexity index is 480. The summed E-state index contributed by atoms with van der Waals surface area (Å²) < 4.78 is 20.1. The third-order valence-corrected chi connectivity index (χ3v) is 8.61. The summed E-state index contributed by atoms with van der Waals surface area (Å²) in [4.78, 5) is 37.2. The standard InChI is InChI=1S/C8H12O6P2S2.2Na.2H/c1-17-6-2-4-7(5-3-6)18-8(15(9,10)11)16(12,13)14;;;;/h2-5,8H,1H3,(H2,9,10,11)(H2,12,13,14);;;;. The quantitative estimate of drug-likeness (QED) is 0.339. The van der Waals surface area contributed by atoms with Crippen LogP contribution in [0.2, 0.25) is 0 Å². The van der Waals surface area contributed by atoms with Crippen molar-refractivity contribution in [3.63, 3.8) is 0 Å². The molecule has 0 amide bonds. The molecular formula is C8H14Na2O6P2S2. The molecule has 6 nitrogen and oxygen atoms in total. The van der Waals surface area contributed by atoms with Crippen LogP contribution in [0.4, 0.5) is 0 Å². The van der Waals surface area contributed by atoms with Gasteiger partial charge in [-0.25, -0.2) is 0 Å². The van der Waals surface area contributed by atoms with Gasteiger partial charge in [0, 0.05) is 9.79 Å². The molecule has 0 bridgehead atoms. The van der Waals surface area contributed by atoms with E-state index in [4.69, 9.17) is 19.6 Å². The molecule has 0 aromatic heterocycles. The third kappa shape index (κ3) is 8.18. The van der Waals surface area contributed by atoms with Crippen molar-refractivity contribution >= 4 is 97.8 Å². The first-order valence-corrected chi connectivity index (χ1v) is 10.0. The van der Waals surface area contributed by atoms with E-state index in [1.165, 1.54) is 11.8 Å². The second-order valence-electron chi connectivity index (χ2n) is 3.30. The Balaban J connectivity index is 0. The van der Waals surface area contributed by atoms with Gasteiger partial charge in [0.1, 0.15) is 0 Å². The molecule has 20 heavy (non-hydrogen) atoms. The number of rotatable bonds is 5. The molecule has 12 heteroatoms. The zero-order valence-electron chi connectivity index (χ0n) is 9.20. The number of hydrogen-bond donors (Lipinski definition) is 4. The molecule has 0 atom stereocenters. The van der Waals surface area contributed by atoms with Crippen LogP contribution in [-0.4, -0.2) is 89.7 Å². The molecule has 1 aromatic carbocycles. The molecule has 4 N–H and O–H groups in total. The van der Waals surface area contributed by atoms with Gasteiger partial charge in [0.25, 0.3) is 0 Å². The molecule has 0 heterocycles. The summed E-state index contributed by atoms with van der Waals surface area (Å²) in [6, 6.07) is 6.55. The average molecular weight is 378 g/mol. The van der Waals surface area contributed by atoms with Crippen molar-refractivity contribution < 1.29 is 28.7 Å². The first-order chi connectivity index (χ1) is 8.14. The van der Waals surface area contributed by atoms with Crippen LogP contribution in [0.3, 0.4) is 0 Å². The van der Waals surface area contributed by atoms with E-state index in [9.17, 15) is 9.13 Å². The second kappa shape index (κ2) is 10.2. The van der Waals surface area contributed by atoms with Crippen LogP contribution >= 0.6 is 38.7 Å². The number of hydrogen-bond acceptors (Lipinski definition) is 4. The maximum atomic E-state index is 11.1. The van der Waals surface area contributed by atoms with Gasteiger partial charge in [-0.15, -0.1) is 11.8 Å². The molecule has 0 saturated heterocycles. The van der Waals surface area contributed by atoms with Crippen molar-refractivity contribution in [2.75, 3.05) is 6.26 Å². The van der Waals surface area contributed by atoms with E-state index in [0.717, 1.165) is 4.90 Å². The van der Waals surface area contributed by atoms with Crippen molar-refractivity contribution in [3.05, 3.63) is 24.3 Å². The van der Waals surface area contributed by atoms with Crippen molar-refractivity contribution in [3.8, 4) is 0 Å². The SMILES string of the molecule is CSc1ccc(SC(P(=O)(O)O)P(=O)(O)O)cc1.[NaH].[NaH]. The number of benzene rings is 1. The van der Waals surface area contributed by atoms with Gasteiger partial charge in [0.15, 0.2) is 0 Å². The third-order valence-electron chi connectivity index (χ3n) is 1.88. The van der Waals surface area contributed by atoms with Gasteiger partial charge in [-0.3, -0.25) is 9.13 Å². The molecule has 0 radical (unpaired) electrons. The summed E-state index contributed by atoms with van der Waals surface area (Å²) in [6.45, 7) is 0. The molecule has 0 aliphatic rings. The van der Waals surface area contributed by atoms with Crippen molar-refractivity contribution in [1.82, 2.24) is 0 Å². The Morgan fingerprint density at radius 1 is 0.900 bits per heavy atom. The number of thioether (sulfide) groups is 2. The summed E-state index contributed by atoms with van der Waals surface area (Å²) in [5.74, 6) is 0. The molecule has 0 fully saturated rings. The van der Waals surface area contributed by atoms with Crippen molar-refractivity contribution in [2.45, 2.75) is 14.5 Å². The topological polar surface area (TPSA) is 115 Å². The summed E-state index contributed by atoms with van der Waals surface area (Å²) in [6.07, 6.45) is 1.87. The minimum absolute atomic E-state index is 0. The Labute approximate surface area is 169 Å². The Morgan fingerprint density at radius 2 is 1.25 bits per heavy atom. The van der Waals surface area contributed by atoms with E-state index < -0.39 is 19.9 Å². The monoisotopic (exact) mass is 378 g/mol. The zero-order valence-corrected chi connectivity index (χ0v) is 12.6. The summed E-state index contributed by atoms with van der Waals surface area (Å²) in [5, 5.41) is 0. The van der Waals surface area contributed by atoms with Crippen LogP contribution in [0.25, 0.3) is 0 Å². The predicted octanol–water partition coefficient (Wildman–Crippen LogP) is 0.843. The van der Waals surface area contributed by atoms with Crippen LogP contribution in [-0.2, 0) is 9.13 Å². The van der Waals surface area contributed by atoms with Gasteiger partial charge in [-0.05, 0) is 30.5 Å². The summed E-state index contributed by atoms with van der Waals surface area (Å²) >= 11 is 1.98. The van der Waals surface area contributed by atoms with E-state index in [2.05, 4.69) is 0 Å². The molecule has 1 aromatic rings. The Hall–Kier alpha value is 2.22. The van der Waals surface area contributed by atoms with E-state index in [0.29, 0.717) is 16.7 Å². The predicted molar refractivity (Wildman–Crippen MR) is 86.3 cm³/mol. The van der Waals surface area contributed by atoms with Gasteiger partial charge in [-0.1, -0.05) is 11.8 Å². The van der Waals surface area contributed by atoms with E-state index in [-0.39, 0.29) is 59.1 Å². The molecule has 0 saturated carbocycles. The summed E-state index contributed by atoms with van der Waals surface area (Å²) in [5.41, 5.74) is 0. The average Bonchev–Trinajstić information content (AvgIpc) is 2.23. The fraction of sp³-hybridized carbons (Fsp3) is 0.250. The minimum atomic E-state index is -4.89. The van der Waals surface area contributed by atoms with Gasteiger partial charge >= 0.3 is 74.3 Å². The second-order valence-corrected chi connectivity index (χ2v) is 9.85. The molecule has 0 aliphatic carbocycles. The van der Waals surface area contributed by atoms with Gasteiger partial charge in [0.2, 0.25) is 4.73 Å². The Morgan fingerprint density at radius 3 is 1.55 bits per heavy atom. The first-order valence-electron chi connectivity index (χ1n) is 4.56. The normalized spacial score (nSPS) is 11.7. The van der Waals surface area contributed by atoms with Gasteiger partial charge < -0.3 is 19.6 Å². The van der Waals surface area contributed by atoms with Crippen LogP contribution in [0, 0.1) is 0 Å². The Kier molecular flexibility index (Phi) is 12.4. The van der Waals surface area contributed by atoms with Crippen molar-refractivity contribution in [1.29, 1.82) is 0 Å². The van der Waals surface area contributed by atoms with Gasteiger partial charge in [0.05, 0.1) is 0 Å².